The fourth-order valence-electron chi connectivity index (χ4n) is 5.59. The molecule has 0 bridgehead atoms. The van der Waals surface area contributed by atoms with E-state index in [1.54, 1.807) is 0 Å². The van der Waals surface area contributed by atoms with Crippen molar-refractivity contribution in [2.45, 2.75) is 59.9 Å². The summed E-state index contributed by atoms with van der Waals surface area (Å²) in [6, 6.07) is 13.2. The lowest BCUT2D eigenvalue weighted by Gasteiger charge is -2.27. The van der Waals surface area contributed by atoms with Gasteiger partial charge in [-0.25, -0.2) is 14.6 Å². The Morgan fingerprint density at radius 1 is 1.00 bits per heavy atom. The zero-order valence-electron chi connectivity index (χ0n) is 22.3. The van der Waals surface area contributed by atoms with Gasteiger partial charge in [0.1, 0.15) is 0 Å². The predicted octanol–water partition coefficient (Wildman–Crippen LogP) is 6.68. The first-order valence-electron chi connectivity index (χ1n) is 13.3. The van der Waals surface area contributed by atoms with Gasteiger partial charge in [0.05, 0.1) is 17.1 Å². The summed E-state index contributed by atoms with van der Waals surface area (Å²) in [5, 5.41) is 6.51. The van der Waals surface area contributed by atoms with Crippen molar-refractivity contribution in [1.82, 2.24) is 24.7 Å². The molecule has 0 radical (unpaired) electrons. The van der Waals surface area contributed by atoms with Crippen LogP contribution < -0.4 is 4.90 Å². The van der Waals surface area contributed by atoms with Crippen LogP contribution in [0.3, 0.4) is 0 Å². The summed E-state index contributed by atoms with van der Waals surface area (Å²) >= 11 is 0. The van der Waals surface area contributed by atoms with Crippen LogP contribution >= 0.6 is 0 Å². The number of nitrogens with one attached hydrogen (secondary N) is 1. The minimum Gasteiger partial charge on any atom is -0.361 e. The first kappa shape index (κ1) is 23.5. The summed E-state index contributed by atoms with van der Waals surface area (Å²) in [6.07, 6.45) is 7.79. The number of aromatic nitrogens is 5. The second-order valence-corrected chi connectivity index (χ2v) is 10.5. The third-order valence-corrected chi connectivity index (χ3v) is 7.74. The van der Waals surface area contributed by atoms with Crippen LogP contribution in [0.25, 0.3) is 27.8 Å². The minimum absolute atomic E-state index is 0.416. The Labute approximate surface area is 218 Å². The van der Waals surface area contributed by atoms with Crippen LogP contribution in [-0.4, -0.2) is 31.3 Å². The number of benzene rings is 2. The number of aryl methyl sites for hydroxylation is 3. The molecule has 1 aliphatic heterocycles. The van der Waals surface area contributed by atoms with Crippen LogP contribution in [0.15, 0.2) is 55.0 Å². The Bertz CT molecular complexity index is 1590. The number of nitrogens with zero attached hydrogens (tertiary/aromatic N) is 5. The molecule has 6 nitrogen and oxygen atoms in total. The van der Waals surface area contributed by atoms with Gasteiger partial charge >= 0.3 is 0 Å². The van der Waals surface area contributed by atoms with Crippen LogP contribution in [0.5, 0.6) is 0 Å². The molecule has 6 rings (SSSR count). The molecule has 0 saturated heterocycles. The second-order valence-electron chi connectivity index (χ2n) is 10.5. The Morgan fingerprint density at radius 3 is 2.57 bits per heavy atom. The number of rotatable bonds is 5. The topological polar surface area (TPSA) is 62.6 Å². The van der Waals surface area contributed by atoms with Crippen molar-refractivity contribution < 1.29 is 0 Å². The first-order chi connectivity index (χ1) is 18.0. The van der Waals surface area contributed by atoms with E-state index in [9.17, 15) is 0 Å². The maximum Gasteiger partial charge on any atom is 0.225 e. The minimum atomic E-state index is 0.416. The van der Waals surface area contributed by atoms with E-state index in [0.29, 0.717) is 5.92 Å². The average Bonchev–Trinajstić information content (AvgIpc) is 3.54. The fourth-order valence-corrected chi connectivity index (χ4v) is 5.59. The second kappa shape index (κ2) is 9.18. The van der Waals surface area contributed by atoms with E-state index in [1.807, 2.05) is 18.6 Å². The number of anilines is 1. The smallest absolute Gasteiger partial charge is 0.225 e. The summed E-state index contributed by atoms with van der Waals surface area (Å²) in [7, 11) is 0. The monoisotopic (exact) mass is 490 g/mol. The first-order valence-corrected chi connectivity index (χ1v) is 13.3. The van der Waals surface area contributed by atoms with E-state index in [2.05, 4.69) is 85.6 Å². The van der Waals surface area contributed by atoms with Gasteiger partial charge in [-0.3, -0.25) is 0 Å². The van der Waals surface area contributed by atoms with E-state index in [-0.39, 0.29) is 0 Å². The predicted molar refractivity (Wildman–Crippen MR) is 151 cm³/mol. The summed E-state index contributed by atoms with van der Waals surface area (Å²) < 4.78 is 2.22. The zero-order valence-corrected chi connectivity index (χ0v) is 22.3. The maximum atomic E-state index is 5.28. The normalized spacial score (nSPS) is 13.5. The Balaban J connectivity index is 1.55. The zero-order chi connectivity index (χ0) is 25.7. The molecule has 0 saturated carbocycles. The highest BCUT2D eigenvalue weighted by atomic mass is 15.3. The molecule has 2 aromatic carbocycles. The van der Waals surface area contributed by atoms with Gasteiger partial charge < -0.3 is 9.88 Å². The fraction of sp³-hybridized carbons (Fsp3) is 0.323. The number of para-hydroxylation sites is 1. The molecule has 0 spiro atoms. The van der Waals surface area contributed by atoms with E-state index in [0.717, 1.165) is 37.4 Å². The highest BCUT2D eigenvalue weighted by Crippen LogP contribution is 2.39. The van der Waals surface area contributed by atoms with Crippen molar-refractivity contribution in [1.29, 1.82) is 0 Å². The van der Waals surface area contributed by atoms with Crippen molar-refractivity contribution in [3.8, 4) is 16.9 Å². The Hall–Kier alpha value is -3.93. The molecule has 1 aliphatic rings. The number of aromatic amines is 1. The van der Waals surface area contributed by atoms with E-state index in [4.69, 9.17) is 15.1 Å². The molecule has 0 aliphatic carbocycles. The molecule has 5 aromatic rings. The largest absolute Gasteiger partial charge is 0.361 e. The Morgan fingerprint density at radius 2 is 1.81 bits per heavy atom. The highest BCUT2D eigenvalue weighted by Gasteiger charge is 2.29. The highest BCUT2D eigenvalue weighted by molar-refractivity contribution is 5.97. The van der Waals surface area contributed by atoms with Gasteiger partial charge in [-0.15, -0.1) is 0 Å². The van der Waals surface area contributed by atoms with Gasteiger partial charge in [-0.05, 0) is 54.5 Å². The SMILES string of the molecule is CCc1cccc(C)c1-n1nc2c(c1-c1ccc(C)c3[nH]ccc13)CN(c1ncc(C(C)C)cn1)CC2. The van der Waals surface area contributed by atoms with Crippen molar-refractivity contribution in [3.05, 3.63) is 88.5 Å². The Kier molecular flexibility index (Phi) is 5.82. The number of hydrogen-bond acceptors (Lipinski definition) is 4. The molecule has 188 valence electrons. The standard InChI is InChI=1S/C31H34N6/c1-6-22-9-7-8-21(5)29(22)37-30(25-11-10-20(4)28-24(25)12-14-32-28)26-18-36(15-13-27(26)35-37)31-33-16-23(17-34-31)19(2)3/h7-12,14,16-17,19,32H,6,13,15,18H2,1-5H3. The molecule has 0 atom stereocenters. The summed E-state index contributed by atoms with van der Waals surface area (Å²) in [5.41, 5.74) is 12.1. The molecule has 1 N–H and O–H groups in total. The molecular formula is C31H34N6. The quantitative estimate of drug-likeness (QED) is 0.299. The lowest BCUT2D eigenvalue weighted by atomic mass is 9.96. The van der Waals surface area contributed by atoms with Crippen molar-refractivity contribution in [2.24, 2.45) is 0 Å². The molecular weight excluding hydrogens is 456 g/mol. The molecule has 0 amide bonds. The van der Waals surface area contributed by atoms with Gasteiger partial charge in [0.25, 0.3) is 0 Å². The van der Waals surface area contributed by atoms with E-state index >= 15 is 0 Å². The molecule has 37 heavy (non-hydrogen) atoms. The molecule has 6 heteroatoms. The molecule has 0 unspecified atom stereocenters. The van der Waals surface area contributed by atoms with Crippen molar-refractivity contribution >= 4 is 16.9 Å². The average molecular weight is 491 g/mol. The third-order valence-electron chi connectivity index (χ3n) is 7.74. The maximum absolute atomic E-state index is 5.28. The number of H-pyrrole nitrogens is 1. The molecule has 3 aromatic heterocycles. The van der Waals surface area contributed by atoms with Crippen LogP contribution in [0.2, 0.25) is 0 Å². The number of fused-ring (bicyclic) bond motifs is 2. The lowest BCUT2D eigenvalue weighted by molar-refractivity contribution is 0.692. The van der Waals surface area contributed by atoms with Crippen molar-refractivity contribution in [2.75, 3.05) is 11.4 Å². The number of hydrogen-bond donors (Lipinski definition) is 1. The van der Waals surface area contributed by atoms with Gasteiger partial charge in [0.15, 0.2) is 0 Å². The van der Waals surface area contributed by atoms with Gasteiger partial charge in [-0.1, -0.05) is 51.1 Å². The van der Waals surface area contributed by atoms with Crippen molar-refractivity contribution in [3.63, 3.8) is 0 Å². The van der Waals surface area contributed by atoms with Gasteiger partial charge in [0, 0.05) is 60.1 Å². The summed E-state index contributed by atoms with van der Waals surface area (Å²) in [4.78, 5) is 15.2. The van der Waals surface area contributed by atoms with Crippen LogP contribution in [0.4, 0.5) is 5.95 Å². The van der Waals surface area contributed by atoms with Crippen LogP contribution in [0, 0.1) is 13.8 Å². The van der Waals surface area contributed by atoms with Crippen LogP contribution in [-0.2, 0) is 19.4 Å². The summed E-state index contributed by atoms with van der Waals surface area (Å²) in [6.45, 7) is 12.5. The molecule has 0 fully saturated rings. The van der Waals surface area contributed by atoms with E-state index in [1.165, 1.54) is 55.8 Å². The van der Waals surface area contributed by atoms with Gasteiger partial charge in [-0.2, -0.15) is 5.10 Å². The van der Waals surface area contributed by atoms with Crippen LogP contribution in [0.1, 0.15) is 60.2 Å². The lowest BCUT2D eigenvalue weighted by Crippen LogP contribution is -2.31. The van der Waals surface area contributed by atoms with E-state index < -0.39 is 0 Å². The summed E-state index contributed by atoms with van der Waals surface area (Å²) in [5.74, 6) is 1.20. The molecule has 4 heterocycles. The van der Waals surface area contributed by atoms with Gasteiger partial charge in [0.2, 0.25) is 5.95 Å². The third kappa shape index (κ3) is 3.91.